The summed E-state index contributed by atoms with van der Waals surface area (Å²) in [6.45, 7) is 8.20. The molecule has 3 aromatic heterocycles. The number of nitrogens with one attached hydrogen (secondary N) is 1. The monoisotopic (exact) mass is 440 g/mol. The molecular formula is C22H19F3N6O. The van der Waals surface area contributed by atoms with E-state index in [0.717, 1.165) is 11.1 Å². The first-order valence-electron chi connectivity index (χ1n) is 9.75. The van der Waals surface area contributed by atoms with E-state index in [0.29, 0.717) is 17.0 Å². The van der Waals surface area contributed by atoms with Gasteiger partial charge in [0.2, 0.25) is 0 Å². The van der Waals surface area contributed by atoms with Crippen LogP contribution in [-0.4, -0.2) is 32.2 Å². The number of hydrogen-bond donors (Lipinski definition) is 1. The first-order valence-corrected chi connectivity index (χ1v) is 9.75. The lowest BCUT2D eigenvalue weighted by Crippen LogP contribution is -2.13. The molecule has 1 atom stereocenters. The van der Waals surface area contributed by atoms with Crippen LogP contribution in [0.15, 0.2) is 55.1 Å². The number of anilines is 1. The zero-order chi connectivity index (χ0) is 22.7. The summed E-state index contributed by atoms with van der Waals surface area (Å²) in [5.41, 5.74) is 2.65. The van der Waals surface area contributed by atoms with Crippen molar-refractivity contribution in [3.63, 3.8) is 0 Å². The summed E-state index contributed by atoms with van der Waals surface area (Å²) in [5, 5.41) is 7.48. The van der Waals surface area contributed by atoms with Gasteiger partial charge in [0, 0.05) is 35.3 Å². The van der Waals surface area contributed by atoms with Crippen molar-refractivity contribution in [2.45, 2.75) is 26.1 Å². The Kier molecular flexibility index (Phi) is 5.98. The molecule has 1 aromatic carbocycles. The Bertz CT molecular complexity index is 1280. The Hall–Kier alpha value is -4.00. The fraction of sp³-hybridized carbons (Fsp3) is 0.227. The first-order chi connectivity index (χ1) is 15.4. The molecule has 0 bridgehead atoms. The van der Waals surface area contributed by atoms with Gasteiger partial charge in [-0.3, -0.25) is 9.41 Å². The minimum absolute atomic E-state index is 0.180. The van der Waals surface area contributed by atoms with Crippen molar-refractivity contribution in [2.75, 3.05) is 11.9 Å². The molecule has 0 aliphatic rings. The number of halogens is 3. The third kappa shape index (κ3) is 4.51. The molecule has 0 spiro atoms. The van der Waals surface area contributed by atoms with Crippen LogP contribution in [0.2, 0.25) is 0 Å². The molecule has 0 fully saturated rings. The van der Waals surface area contributed by atoms with Crippen molar-refractivity contribution in [1.82, 2.24) is 19.2 Å². The minimum Gasteiger partial charge on any atom is -0.487 e. The Labute approximate surface area is 181 Å². The van der Waals surface area contributed by atoms with Crippen LogP contribution in [0.1, 0.15) is 18.5 Å². The summed E-state index contributed by atoms with van der Waals surface area (Å²) in [7, 11) is 0. The van der Waals surface area contributed by atoms with E-state index in [-0.39, 0.29) is 12.4 Å². The summed E-state index contributed by atoms with van der Waals surface area (Å²) in [5.74, 6) is 0.179. The molecule has 164 valence electrons. The van der Waals surface area contributed by atoms with E-state index in [9.17, 15) is 13.2 Å². The third-order valence-electron chi connectivity index (χ3n) is 4.83. The second kappa shape index (κ2) is 9.01. The van der Waals surface area contributed by atoms with Gasteiger partial charge in [0.25, 0.3) is 13.1 Å². The van der Waals surface area contributed by atoms with Crippen LogP contribution in [0.5, 0.6) is 5.75 Å². The maximum Gasteiger partial charge on any atom is 0.292 e. The van der Waals surface area contributed by atoms with Crippen LogP contribution in [-0.2, 0) is 6.67 Å². The summed E-state index contributed by atoms with van der Waals surface area (Å²) in [4.78, 5) is 7.99. The molecule has 3 heterocycles. The molecule has 32 heavy (non-hydrogen) atoms. The number of benzene rings is 1. The average Bonchev–Trinajstić information content (AvgIpc) is 3.39. The van der Waals surface area contributed by atoms with Gasteiger partial charge in [0.05, 0.1) is 12.2 Å². The minimum atomic E-state index is -2.63. The second-order valence-electron chi connectivity index (χ2n) is 7.10. The number of fused-ring (bicyclic) bond motifs is 1. The van der Waals surface area contributed by atoms with Gasteiger partial charge < -0.3 is 10.1 Å². The highest BCUT2D eigenvalue weighted by Gasteiger charge is 2.17. The topological polar surface area (TPSA) is 60.7 Å². The Morgan fingerprint density at radius 2 is 2.06 bits per heavy atom. The lowest BCUT2D eigenvalue weighted by Gasteiger charge is -2.19. The molecule has 0 unspecified atom stereocenters. The van der Waals surface area contributed by atoms with Gasteiger partial charge in [-0.15, -0.1) is 0 Å². The van der Waals surface area contributed by atoms with E-state index in [1.54, 1.807) is 34.5 Å². The van der Waals surface area contributed by atoms with E-state index in [1.807, 2.05) is 18.5 Å². The predicted molar refractivity (Wildman–Crippen MR) is 113 cm³/mol. The fourth-order valence-corrected chi connectivity index (χ4v) is 3.36. The molecule has 0 radical (unpaired) electrons. The highest BCUT2D eigenvalue weighted by Crippen LogP contribution is 2.30. The van der Waals surface area contributed by atoms with Gasteiger partial charge in [-0.1, -0.05) is 0 Å². The number of hydrogen-bond acceptors (Lipinski definition) is 4. The summed E-state index contributed by atoms with van der Waals surface area (Å²) >= 11 is 0. The van der Waals surface area contributed by atoms with Gasteiger partial charge in [-0.25, -0.2) is 29.2 Å². The predicted octanol–water partition coefficient (Wildman–Crippen LogP) is 5.03. The number of aromatic nitrogens is 4. The molecule has 10 heteroatoms. The molecule has 0 saturated carbocycles. The van der Waals surface area contributed by atoms with Gasteiger partial charge in [-0.2, -0.15) is 5.10 Å². The smallest absolute Gasteiger partial charge is 0.292 e. The van der Waals surface area contributed by atoms with Crippen LogP contribution in [0, 0.1) is 12.4 Å². The van der Waals surface area contributed by atoms with Crippen LogP contribution in [0.3, 0.4) is 0 Å². The quantitative estimate of drug-likeness (QED) is 0.391. The zero-order valence-electron chi connectivity index (χ0n) is 17.0. The van der Waals surface area contributed by atoms with E-state index in [4.69, 9.17) is 11.3 Å². The maximum absolute atomic E-state index is 13.8. The fourth-order valence-electron chi connectivity index (χ4n) is 3.36. The summed E-state index contributed by atoms with van der Waals surface area (Å²) in [6.07, 6.45) is 4.45. The van der Waals surface area contributed by atoms with Crippen molar-refractivity contribution in [2.24, 2.45) is 0 Å². The van der Waals surface area contributed by atoms with E-state index < -0.39 is 24.9 Å². The Morgan fingerprint density at radius 1 is 1.22 bits per heavy atom. The normalized spacial score (nSPS) is 12.1. The largest absolute Gasteiger partial charge is 0.487 e. The van der Waals surface area contributed by atoms with Crippen molar-refractivity contribution < 1.29 is 17.9 Å². The zero-order valence-corrected chi connectivity index (χ0v) is 17.0. The molecule has 7 nitrogen and oxygen atoms in total. The molecule has 0 amide bonds. The van der Waals surface area contributed by atoms with Crippen molar-refractivity contribution in [1.29, 1.82) is 0 Å². The second-order valence-corrected chi connectivity index (χ2v) is 7.10. The summed E-state index contributed by atoms with van der Waals surface area (Å²) < 4.78 is 47.5. The van der Waals surface area contributed by atoms with Gasteiger partial charge >= 0.3 is 0 Å². The van der Waals surface area contributed by atoms with Crippen LogP contribution in [0.25, 0.3) is 21.6 Å². The average molecular weight is 440 g/mol. The van der Waals surface area contributed by atoms with Crippen molar-refractivity contribution >= 4 is 11.5 Å². The van der Waals surface area contributed by atoms with Gasteiger partial charge in [-0.05, 0) is 37.3 Å². The molecule has 1 N–H and O–H groups in total. The van der Waals surface area contributed by atoms with Crippen LogP contribution >= 0.6 is 0 Å². The molecule has 0 saturated heterocycles. The number of ether oxygens (including phenoxy) is 1. The van der Waals surface area contributed by atoms with E-state index >= 15 is 0 Å². The summed E-state index contributed by atoms with van der Waals surface area (Å²) in [6, 6.07) is 6.88. The number of nitrogens with zero attached hydrogens (tertiary/aromatic N) is 5. The van der Waals surface area contributed by atoms with E-state index in [1.165, 1.54) is 18.2 Å². The molecule has 4 aromatic rings. The standard InChI is InChI=1S/C22H19F3N6O/c1-14(17-9-16(23)3-4-19(17)32-12-20(24)25)28-21-6-8-31-22(29-21)18(10-27-31)15-5-7-30(11-15)13-26-2/h3-11,14,20H,12-13H2,1H3,(H,28,29)/t14-/m1/s1. The Morgan fingerprint density at radius 3 is 2.84 bits per heavy atom. The lowest BCUT2D eigenvalue weighted by atomic mass is 10.1. The molecule has 0 aliphatic carbocycles. The first kappa shape index (κ1) is 21.2. The Balaban J connectivity index is 1.61. The van der Waals surface area contributed by atoms with Crippen LogP contribution < -0.4 is 10.1 Å². The third-order valence-corrected chi connectivity index (χ3v) is 4.83. The van der Waals surface area contributed by atoms with Crippen molar-refractivity contribution in [3.05, 3.63) is 77.9 Å². The number of rotatable bonds is 8. The molecule has 0 aliphatic heterocycles. The van der Waals surface area contributed by atoms with Crippen LogP contribution in [0.4, 0.5) is 19.0 Å². The lowest BCUT2D eigenvalue weighted by molar-refractivity contribution is 0.0813. The maximum atomic E-state index is 13.8. The highest BCUT2D eigenvalue weighted by molar-refractivity contribution is 5.77. The molecule has 4 rings (SSSR count). The van der Waals surface area contributed by atoms with E-state index in [2.05, 4.69) is 20.2 Å². The molecular weight excluding hydrogens is 421 g/mol. The van der Waals surface area contributed by atoms with Crippen molar-refractivity contribution in [3.8, 4) is 16.9 Å². The SMILES string of the molecule is [C-]#[N+]Cn1ccc(-c2cnn3ccc(N[C@H](C)c4cc(F)ccc4OCC(F)F)nc23)c1. The number of alkyl halides is 2. The van der Waals surface area contributed by atoms with Gasteiger partial charge in [0.15, 0.2) is 5.65 Å². The highest BCUT2D eigenvalue weighted by atomic mass is 19.3. The van der Waals surface area contributed by atoms with Gasteiger partial charge in [0.1, 0.15) is 24.0 Å².